The van der Waals surface area contributed by atoms with E-state index in [2.05, 4.69) is 35.8 Å². The van der Waals surface area contributed by atoms with Gasteiger partial charge in [-0.15, -0.1) is 11.8 Å². The molecule has 0 spiro atoms. The zero-order chi connectivity index (χ0) is 10.1. The first kappa shape index (κ1) is 12.5. The number of benzene rings is 1. The van der Waals surface area contributed by atoms with Crippen LogP contribution in [0.4, 0.5) is 0 Å². The number of nitrogens with one attached hydrogen (secondary N) is 1. The molecule has 0 unspecified atom stereocenters. The zero-order valence-corrected chi connectivity index (χ0v) is 9.74. The highest BCUT2D eigenvalue weighted by Crippen LogP contribution is 2.19. The maximum atomic E-state index is 3.15. The van der Waals surface area contributed by atoms with E-state index < -0.39 is 0 Å². The van der Waals surface area contributed by atoms with Crippen LogP contribution in [-0.4, -0.2) is 13.3 Å². The van der Waals surface area contributed by atoms with Crippen LogP contribution in [-0.2, 0) is 6.54 Å². The molecule has 1 aromatic carbocycles. The average Bonchev–Trinajstić information content (AvgIpc) is 2.22. The standard InChI is InChI=1S/C9H13NS.C2H6/c1-10-7-8-5-3-4-6-9(8)11-2;1-2/h3-6,10H,7H2,1-2H3;1-2H3. The summed E-state index contributed by atoms with van der Waals surface area (Å²) in [5, 5.41) is 3.15. The molecule has 1 aromatic rings. The van der Waals surface area contributed by atoms with E-state index in [1.165, 1.54) is 10.5 Å². The summed E-state index contributed by atoms with van der Waals surface area (Å²) >= 11 is 1.80. The summed E-state index contributed by atoms with van der Waals surface area (Å²) in [5.74, 6) is 0. The fourth-order valence-corrected chi connectivity index (χ4v) is 1.66. The van der Waals surface area contributed by atoms with Gasteiger partial charge in [0.1, 0.15) is 0 Å². The molecule has 1 N–H and O–H groups in total. The maximum Gasteiger partial charge on any atom is 0.0213 e. The van der Waals surface area contributed by atoms with Gasteiger partial charge in [-0.2, -0.15) is 0 Å². The Balaban J connectivity index is 0.000000671. The second-order valence-electron chi connectivity index (χ2n) is 2.34. The third-order valence-electron chi connectivity index (χ3n) is 1.56. The Bertz CT molecular complexity index is 223. The highest BCUT2D eigenvalue weighted by atomic mass is 32.2. The van der Waals surface area contributed by atoms with Crippen molar-refractivity contribution in [2.24, 2.45) is 0 Å². The molecule has 0 amide bonds. The second kappa shape index (κ2) is 8.14. The van der Waals surface area contributed by atoms with Gasteiger partial charge in [-0.1, -0.05) is 32.0 Å². The first-order valence-electron chi connectivity index (χ1n) is 4.65. The van der Waals surface area contributed by atoms with E-state index in [9.17, 15) is 0 Å². The Kier molecular flexibility index (Phi) is 7.85. The smallest absolute Gasteiger partial charge is 0.0213 e. The molecule has 1 nitrogen and oxygen atoms in total. The Hall–Kier alpha value is -0.470. The van der Waals surface area contributed by atoms with Gasteiger partial charge < -0.3 is 5.32 Å². The highest BCUT2D eigenvalue weighted by Gasteiger charge is 1.96. The van der Waals surface area contributed by atoms with Crippen molar-refractivity contribution < 1.29 is 0 Å². The van der Waals surface area contributed by atoms with Crippen molar-refractivity contribution in [2.45, 2.75) is 25.3 Å². The molecule has 0 aromatic heterocycles. The minimum Gasteiger partial charge on any atom is -0.316 e. The molecule has 0 saturated heterocycles. The molecule has 0 aliphatic rings. The van der Waals surface area contributed by atoms with Gasteiger partial charge in [0, 0.05) is 11.4 Å². The van der Waals surface area contributed by atoms with E-state index in [0.717, 1.165) is 6.54 Å². The van der Waals surface area contributed by atoms with Gasteiger partial charge in [-0.3, -0.25) is 0 Å². The molecule has 0 radical (unpaired) electrons. The molecule has 0 bridgehead atoms. The van der Waals surface area contributed by atoms with Gasteiger partial charge in [0.25, 0.3) is 0 Å². The van der Waals surface area contributed by atoms with Crippen LogP contribution < -0.4 is 5.32 Å². The van der Waals surface area contributed by atoms with Crippen LogP contribution in [0.3, 0.4) is 0 Å². The van der Waals surface area contributed by atoms with Crippen molar-refractivity contribution in [3.63, 3.8) is 0 Å². The van der Waals surface area contributed by atoms with Gasteiger partial charge in [-0.05, 0) is 24.9 Å². The summed E-state index contributed by atoms with van der Waals surface area (Å²) in [5.41, 5.74) is 1.38. The molecule has 0 fully saturated rings. The highest BCUT2D eigenvalue weighted by molar-refractivity contribution is 7.98. The summed E-state index contributed by atoms with van der Waals surface area (Å²) < 4.78 is 0. The van der Waals surface area contributed by atoms with Crippen LogP contribution >= 0.6 is 11.8 Å². The molecule has 0 aliphatic carbocycles. The normalized spacial score (nSPS) is 8.92. The van der Waals surface area contributed by atoms with Gasteiger partial charge in [0.2, 0.25) is 0 Å². The Morgan fingerprint density at radius 1 is 1.23 bits per heavy atom. The molecular formula is C11H19NS. The third-order valence-corrected chi connectivity index (χ3v) is 2.40. The fourth-order valence-electron chi connectivity index (χ4n) is 1.04. The van der Waals surface area contributed by atoms with E-state index in [0.29, 0.717) is 0 Å². The molecular weight excluding hydrogens is 178 g/mol. The van der Waals surface area contributed by atoms with Crippen LogP contribution in [0.5, 0.6) is 0 Å². The number of thioether (sulfide) groups is 1. The molecule has 2 heteroatoms. The molecule has 13 heavy (non-hydrogen) atoms. The van der Waals surface area contributed by atoms with E-state index in [-0.39, 0.29) is 0 Å². The van der Waals surface area contributed by atoms with Crippen molar-refractivity contribution >= 4 is 11.8 Å². The van der Waals surface area contributed by atoms with Crippen LogP contribution in [0, 0.1) is 0 Å². The lowest BCUT2D eigenvalue weighted by Gasteiger charge is -2.04. The van der Waals surface area contributed by atoms with Crippen LogP contribution in [0.25, 0.3) is 0 Å². The zero-order valence-electron chi connectivity index (χ0n) is 8.92. The van der Waals surface area contributed by atoms with Crippen LogP contribution in [0.2, 0.25) is 0 Å². The lowest BCUT2D eigenvalue weighted by molar-refractivity contribution is 0.803. The first-order chi connectivity index (χ1) is 6.38. The summed E-state index contributed by atoms with van der Waals surface area (Å²) in [6.07, 6.45) is 2.11. The van der Waals surface area contributed by atoms with E-state index >= 15 is 0 Å². The Morgan fingerprint density at radius 3 is 2.38 bits per heavy atom. The third kappa shape index (κ3) is 4.34. The van der Waals surface area contributed by atoms with Crippen molar-refractivity contribution in [1.82, 2.24) is 5.32 Å². The van der Waals surface area contributed by atoms with Crippen molar-refractivity contribution in [1.29, 1.82) is 0 Å². The summed E-state index contributed by atoms with van der Waals surface area (Å²) in [7, 11) is 1.97. The largest absolute Gasteiger partial charge is 0.316 e. The first-order valence-corrected chi connectivity index (χ1v) is 5.87. The maximum absolute atomic E-state index is 3.15. The van der Waals surface area contributed by atoms with Gasteiger partial charge in [-0.25, -0.2) is 0 Å². The predicted molar refractivity (Wildman–Crippen MR) is 62.3 cm³/mol. The molecule has 0 atom stereocenters. The quantitative estimate of drug-likeness (QED) is 0.747. The minimum atomic E-state index is 0.955. The molecule has 0 aliphatic heterocycles. The average molecular weight is 197 g/mol. The lowest BCUT2D eigenvalue weighted by atomic mass is 10.2. The SMILES string of the molecule is CC.CNCc1ccccc1SC. The van der Waals surface area contributed by atoms with Gasteiger partial charge in [0.15, 0.2) is 0 Å². The van der Waals surface area contributed by atoms with Crippen molar-refractivity contribution in [2.75, 3.05) is 13.3 Å². The number of rotatable bonds is 3. The summed E-state index contributed by atoms with van der Waals surface area (Å²) in [6.45, 7) is 4.96. The lowest BCUT2D eigenvalue weighted by Crippen LogP contribution is -2.05. The monoisotopic (exact) mass is 197 g/mol. The summed E-state index contributed by atoms with van der Waals surface area (Å²) in [6, 6.07) is 8.46. The van der Waals surface area contributed by atoms with Crippen molar-refractivity contribution in [3.05, 3.63) is 29.8 Å². The van der Waals surface area contributed by atoms with Gasteiger partial charge in [0.05, 0.1) is 0 Å². The van der Waals surface area contributed by atoms with E-state index in [4.69, 9.17) is 0 Å². The molecule has 0 saturated carbocycles. The minimum absolute atomic E-state index is 0.955. The topological polar surface area (TPSA) is 12.0 Å². The number of hydrogen-bond acceptors (Lipinski definition) is 2. The predicted octanol–water partition coefficient (Wildman–Crippen LogP) is 3.15. The molecule has 1 rings (SSSR count). The van der Waals surface area contributed by atoms with Gasteiger partial charge >= 0.3 is 0 Å². The van der Waals surface area contributed by atoms with E-state index in [1.807, 2.05) is 20.9 Å². The Labute approximate surface area is 85.9 Å². The molecule has 0 heterocycles. The van der Waals surface area contributed by atoms with E-state index in [1.54, 1.807) is 11.8 Å². The Morgan fingerprint density at radius 2 is 1.85 bits per heavy atom. The molecule has 74 valence electrons. The van der Waals surface area contributed by atoms with Crippen LogP contribution in [0.15, 0.2) is 29.2 Å². The number of hydrogen-bond donors (Lipinski definition) is 1. The van der Waals surface area contributed by atoms with Crippen LogP contribution in [0.1, 0.15) is 19.4 Å². The fraction of sp³-hybridized carbons (Fsp3) is 0.455. The summed E-state index contributed by atoms with van der Waals surface area (Å²) in [4.78, 5) is 1.36. The van der Waals surface area contributed by atoms with Crippen molar-refractivity contribution in [3.8, 4) is 0 Å². The second-order valence-corrected chi connectivity index (χ2v) is 3.19.